The van der Waals surface area contributed by atoms with Crippen molar-refractivity contribution in [2.45, 2.75) is 40.5 Å². The van der Waals surface area contributed by atoms with Gasteiger partial charge in [-0.25, -0.2) is 0 Å². The number of hydrogen-bond donors (Lipinski definition) is 2. The third-order valence-electron chi connectivity index (χ3n) is 5.43. The molecule has 5 nitrogen and oxygen atoms in total. The minimum Gasteiger partial charge on any atom is -0.493 e. The molecule has 0 saturated carbocycles. The van der Waals surface area contributed by atoms with E-state index < -0.39 is 0 Å². The summed E-state index contributed by atoms with van der Waals surface area (Å²) in [7, 11) is 0. The molecule has 2 heterocycles. The van der Waals surface area contributed by atoms with Gasteiger partial charge >= 0.3 is 0 Å². The van der Waals surface area contributed by atoms with Crippen molar-refractivity contribution in [3.63, 3.8) is 0 Å². The molecule has 5 heteroatoms. The van der Waals surface area contributed by atoms with Gasteiger partial charge in [-0.2, -0.15) is 0 Å². The predicted octanol–water partition coefficient (Wildman–Crippen LogP) is 3.34. The van der Waals surface area contributed by atoms with E-state index in [-0.39, 0.29) is 5.41 Å². The van der Waals surface area contributed by atoms with Gasteiger partial charge in [0.1, 0.15) is 5.75 Å². The highest BCUT2D eigenvalue weighted by Gasteiger charge is 2.18. The first-order valence-corrected chi connectivity index (χ1v) is 10.6. The zero-order valence-corrected chi connectivity index (χ0v) is 17.7. The Labute approximate surface area is 165 Å². The first-order chi connectivity index (χ1) is 12.9. The Morgan fingerprint density at radius 3 is 2.44 bits per heavy atom. The van der Waals surface area contributed by atoms with Crippen molar-refractivity contribution >= 4 is 11.4 Å². The van der Waals surface area contributed by atoms with Gasteiger partial charge in [0, 0.05) is 62.8 Å². The van der Waals surface area contributed by atoms with E-state index in [2.05, 4.69) is 60.3 Å². The standard InChI is InChI=1S/C22H38N4O/c1-18-20(24-9-12-25-10-5-6-11-25)15-19(27-17-22(2,3)4)16-21(18)26-13-7-23-8-14-26/h15-16,23-24H,5-14,17H2,1-4H3. The second-order valence-electron chi connectivity index (χ2n) is 9.18. The maximum Gasteiger partial charge on any atom is 0.123 e. The first kappa shape index (κ1) is 20.3. The Hall–Kier alpha value is -1.46. The van der Waals surface area contributed by atoms with E-state index >= 15 is 0 Å². The summed E-state index contributed by atoms with van der Waals surface area (Å²) in [5.74, 6) is 0.979. The Bertz CT molecular complexity index is 599. The van der Waals surface area contributed by atoms with Gasteiger partial charge in [-0.3, -0.25) is 0 Å². The lowest BCUT2D eigenvalue weighted by molar-refractivity contribution is 0.198. The third-order valence-corrected chi connectivity index (χ3v) is 5.43. The zero-order valence-electron chi connectivity index (χ0n) is 17.7. The lowest BCUT2D eigenvalue weighted by Gasteiger charge is -2.32. The molecule has 0 unspecified atom stereocenters. The van der Waals surface area contributed by atoms with Crippen molar-refractivity contribution in [2.24, 2.45) is 5.41 Å². The Kier molecular flexibility index (Phi) is 6.88. The minimum absolute atomic E-state index is 0.156. The molecule has 0 amide bonds. The quantitative estimate of drug-likeness (QED) is 0.766. The lowest BCUT2D eigenvalue weighted by atomic mass is 9.98. The van der Waals surface area contributed by atoms with E-state index in [0.717, 1.165) is 51.6 Å². The van der Waals surface area contributed by atoms with Crippen LogP contribution in [0.1, 0.15) is 39.2 Å². The third kappa shape index (κ3) is 6.01. The molecule has 1 aromatic rings. The molecule has 3 rings (SSSR count). The summed E-state index contributed by atoms with van der Waals surface area (Å²) in [4.78, 5) is 5.04. The molecule has 2 aliphatic heterocycles. The van der Waals surface area contributed by atoms with Crippen molar-refractivity contribution in [2.75, 3.05) is 69.2 Å². The highest BCUT2D eigenvalue weighted by molar-refractivity contribution is 5.69. The number of piperazine rings is 1. The molecule has 2 N–H and O–H groups in total. The van der Waals surface area contributed by atoms with Gasteiger partial charge < -0.3 is 25.2 Å². The topological polar surface area (TPSA) is 39.8 Å². The fraction of sp³-hybridized carbons (Fsp3) is 0.727. The van der Waals surface area contributed by atoms with Crippen LogP contribution in [0, 0.1) is 12.3 Å². The number of nitrogens with zero attached hydrogens (tertiary/aromatic N) is 2. The first-order valence-electron chi connectivity index (χ1n) is 10.6. The number of likely N-dealkylation sites (tertiary alicyclic amines) is 1. The molecular formula is C22H38N4O. The number of nitrogens with one attached hydrogen (secondary N) is 2. The Morgan fingerprint density at radius 1 is 1.07 bits per heavy atom. The second kappa shape index (κ2) is 9.16. The summed E-state index contributed by atoms with van der Waals surface area (Å²) in [5.41, 5.74) is 4.02. The summed E-state index contributed by atoms with van der Waals surface area (Å²) in [5, 5.41) is 7.14. The molecule has 152 valence electrons. The summed E-state index contributed by atoms with van der Waals surface area (Å²) in [6, 6.07) is 4.43. The number of hydrogen-bond acceptors (Lipinski definition) is 5. The highest BCUT2D eigenvalue weighted by Crippen LogP contribution is 2.33. The van der Waals surface area contributed by atoms with Crippen molar-refractivity contribution in [1.29, 1.82) is 0 Å². The van der Waals surface area contributed by atoms with Gasteiger partial charge in [0.2, 0.25) is 0 Å². The SMILES string of the molecule is Cc1c(NCCN2CCCC2)cc(OCC(C)(C)C)cc1N1CCNCC1. The molecule has 0 bridgehead atoms. The van der Waals surface area contributed by atoms with Gasteiger partial charge in [0.05, 0.1) is 6.61 Å². The normalized spacial score (nSPS) is 18.7. The lowest BCUT2D eigenvalue weighted by Crippen LogP contribution is -2.43. The van der Waals surface area contributed by atoms with Crippen LogP contribution in [-0.2, 0) is 0 Å². The predicted molar refractivity (Wildman–Crippen MR) is 115 cm³/mol. The fourth-order valence-corrected chi connectivity index (χ4v) is 3.83. The van der Waals surface area contributed by atoms with E-state index in [1.54, 1.807) is 0 Å². The molecule has 0 aromatic heterocycles. The molecular weight excluding hydrogens is 336 g/mol. The van der Waals surface area contributed by atoms with Crippen LogP contribution in [0.25, 0.3) is 0 Å². The van der Waals surface area contributed by atoms with E-state index in [1.165, 1.54) is 42.9 Å². The summed E-state index contributed by atoms with van der Waals surface area (Å²) < 4.78 is 6.18. The summed E-state index contributed by atoms with van der Waals surface area (Å²) >= 11 is 0. The second-order valence-corrected chi connectivity index (χ2v) is 9.18. The molecule has 2 saturated heterocycles. The minimum atomic E-state index is 0.156. The Balaban J connectivity index is 1.73. The average Bonchev–Trinajstić information content (AvgIpc) is 3.15. The number of ether oxygens (including phenoxy) is 1. The molecule has 2 aliphatic rings. The maximum atomic E-state index is 6.18. The summed E-state index contributed by atoms with van der Waals surface area (Å²) in [6.45, 7) is 18.4. The number of benzene rings is 1. The van der Waals surface area contributed by atoms with Crippen molar-refractivity contribution < 1.29 is 4.74 Å². The smallest absolute Gasteiger partial charge is 0.123 e. The monoisotopic (exact) mass is 374 g/mol. The van der Waals surface area contributed by atoms with E-state index in [0.29, 0.717) is 0 Å². The van der Waals surface area contributed by atoms with Crippen LogP contribution in [0.3, 0.4) is 0 Å². The van der Waals surface area contributed by atoms with E-state index in [4.69, 9.17) is 4.74 Å². The maximum absolute atomic E-state index is 6.18. The average molecular weight is 375 g/mol. The fourth-order valence-electron chi connectivity index (χ4n) is 3.83. The van der Waals surface area contributed by atoms with Crippen LogP contribution >= 0.6 is 0 Å². The van der Waals surface area contributed by atoms with Gasteiger partial charge in [-0.05, 0) is 43.8 Å². The number of anilines is 2. The van der Waals surface area contributed by atoms with E-state index in [9.17, 15) is 0 Å². The Morgan fingerprint density at radius 2 is 1.78 bits per heavy atom. The van der Waals surface area contributed by atoms with Gasteiger partial charge in [0.15, 0.2) is 0 Å². The molecule has 0 atom stereocenters. The van der Waals surface area contributed by atoms with Crippen LogP contribution in [-0.4, -0.2) is 63.9 Å². The van der Waals surface area contributed by atoms with Gasteiger partial charge in [-0.15, -0.1) is 0 Å². The van der Waals surface area contributed by atoms with Gasteiger partial charge in [-0.1, -0.05) is 20.8 Å². The molecule has 0 radical (unpaired) electrons. The zero-order chi connectivity index (χ0) is 19.3. The van der Waals surface area contributed by atoms with Crippen molar-refractivity contribution in [3.8, 4) is 5.75 Å². The molecule has 0 spiro atoms. The molecule has 1 aromatic carbocycles. The van der Waals surface area contributed by atoms with Crippen LogP contribution in [0.2, 0.25) is 0 Å². The van der Waals surface area contributed by atoms with Crippen LogP contribution in [0.4, 0.5) is 11.4 Å². The van der Waals surface area contributed by atoms with Crippen LogP contribution in [0.5, 0.6) is 5.75 Å². The number of rotatable bonds is 7. The van der Waals surface area contributed by atoms with Crippen LogP contribution in [0.15, 0.2) is 12.1 Å². The molecule has 0 aliphatic carbocycles. The highest BCUT2D eigenvalue weighted by atomic mass is 16.5. The van der Waals surface area contributed by atoms with Gasteiger partial charge in [0.25, 0.3) is 0 Å². The van der Waals surface area contributed by atoms with Crippen molar-refractivity contribution in [3.05, 3.63) is 17.7 Å². The molecule has 27 heavy (non-hydrogen) atoms. The molecule has 2 fully saturated rings. The largest absolute Gasteiger partial charge is 0.493 e. The summed E-state index contributed by atoms with van der Waals surface area (Å²) in [6.07, 6.45) is 2.70. The van der Waals surface area contributed by atoms with E-state index in [1.807, 2.05) is 0 Å². The van der Waals surface area contributed by atoms with Crippen molar-refractivity contribution in [1.82, 2.24) is 10.2 Å². The van der Waals surface area contributed by atoms with Crippen LogP contribution < -0.4 is 20.3 Å².